The lowest BCUT2D eigenvalue weighted by Gasteiger charge is -2.41. The minimum atomic E-state index is -1.17. The van der Waals surface area contributed by atoms with Crippen LogP contribution in [0.25, 0.3) is 0 Å². The monoisotopic (exact) mass is 351 g/mol. The van der Waals surface area contributed by atoms with Crippen LogP contribution in [0.15, 0.2) is 18.5 Å². The van der Waals surface area contributed by atoms with Crippen LogP contribution in [0.3, 0.4) is 0 Å². The van der Waals surface area contributed by atoms with Crippen molar-refractivity contribution in [1.82, 2.24) is 19.7 Å². The lowest BCUT2D eigenvalue weighted by molar-refractivity contribution is 0.104. The molecular weight excluding hydrogens is 331 g/mol. The molecule has 1 unspecified atom stereocenters. The van der Waals surface area contributed by atoms with E-state index in [1.54, 1.807) is 6.33 Å². The summed E-state index contributed by atoms with van der Waals surface area (Å²) >= 11 is 0. The molecule has 2 aliphatic rings. The Labute approximate surface area is 143 Å². The molecule has 0 spiro atoms. The first-order valence-electron chi connectivity index (χ1n) is 8.53. The van der Waals surface area contributed by atoms with Crippen LogP contribution in [0.1, 0.15) is 36.6 Å². The number of nitrogens with two attached hydrogens (primary N) is 1. The van der Waals surface area contributed by atoms with Crippen LogP contribution < -0.4 is 5.73 Å². The van der Waals surface area contributed by atoms with E-state index in [-0.39, 0.29) is 23.6 Å². The van der Waals surface area contributed by atoms with Gasteiger partial charge in [0.25, 0.3) is 0 Å². The maximum absolute atomic E-state index is 14.1. The van der Waals surface area contributed by atoms with Crippen LogP contribution >= 0.6 is 0 Å². The number of aromatic nitrogens is 3. The van der Waals surface area contributed by atoms with Crippen LogP contribution in [0.5, 0.6) is 0 Å². The average Bonchev–Trinajstić information content (AvgIpc) is 3.06. The average molecular weight is 351 g/mol. The van der Waals surface area contributed by atoms with Crippen LogP contribution in [-0.4, -0.2) is 38.3 Å². The van der Waals surface area contributed by atoms with Gasteiger partial charge in [-0.05, 0) is 30.9 Å². The number of halogens is 3. The highest BCUT2D eigenvalue weighted by molar-refractivity contribution is 5.26. The second-order valence-electron chi connectivity index (χ2n) is 6.89. The molecule has 3 atom stereocenters. The molecule has 1 aliphatic heterocycles. The maximum Gasteiger partial charge on any atom is 0.161 e. The largest absolute Gasteiger partial charge is 0.327 e. The zero-order valence-electron chi connectivity index (χ0n) is 13.7. The standard InChI is InChI=1S/C17H20F3N5/c18-13-7-15(20)14(19)6-12(13)11-2-1-10(5-16(11)21)24-3-4-25-17(8-24)22-9-23-25/h6-7,9-11,16H,1-5,8,21H2/t10-,11?,16-/m0/s1. The van der Waals surface area contributed by atoms with E-state index in [9.17, 15) is 13.2 Å². The van der Waals surface area contributed by atoms with Gasteiger partial charge in [0.2, 0.25) is 0 Å². The molecule has 0 amide bonds. The van der Waals surface area contributed by atoms with E-state index in [2.05, 4.69) is 15.0 Å². The Balaban J connectivity index is 1.47. The minimum absolute atomic E-state index is 0.184. The molecule has 2 aromatic rings. The lowest BCUT2D eigenvalue weighted by atomic mass is 9.77. The van der Waals surface area contributed by atoms with Gasteiger partial charge in [-0.2, -0.15) is 5.10 Å². The number of rotatable bonds is 2. The Morgan fingerprint density at radius 2 is 1.84 bits per heavy atom. The maximum atomic E-state index is 14.1. The van der Waals surface area contributed by atoms with Gasteiger partial charge >= 0.3 is 0 Å². The third kappa shape index (κ3) is 3.04. The van der Waals surface area contributed by atoms with Gasteiger partial charge in [-0.1, -0.05) is 0 Å². The van der Waals surface area contributed by atoms with E-state index in [1.165, 1.54) is 0 Å². The second-order valence-corrected chi connectivity index (χ2v) is 6.89. The van der Waals surface area contributed by atoms with Gasteiger partial charge in [0.1, 0.15) is 18.0 Å². The molecule has 1 saturated carbocycles. The fraction of sp³-hybridized carbons (Fsp3) is 0.529. The number of fused-ring (bicyclic) bond motifs is 1. The summed E-state index contributed by atoms with van der Waals surface area (Å²) in [5.41, 5.74) is 6.48. The summed E-state index contributed by atoms with van der Waals surface area (Å²) in [5, 5.41) is 4.17. The van der Waals surface area contributed by atoms with Gasteiger partial charge in [0, 0.05) is 30.6 Å². The smallest absolute Gasteiger partial charge is 0.161 e. The highest BCUT2D eigenvalue weighted by Crippen LogP contribution is 2.36. The van der Waals surface area contributed by atoms with Crippen molar-refractivity contribution in [2.75, 3.05) is 6.54 Å². The van der Waals surface area contributed by atoms with Crippen molar-refractivity contribution in [3.63, 3.8) is 0 Å². The molecular formula is C17H20F3N5. The summed E-state index contributed by atoms with van der Waals surface area (Å²) in [6, 6.07) is 1.56. The Kier molecular flexibility index (Phi) is 4.24. The summed E-state index contributed by atoms with van der Waals surface area (Å²) in [6.07, 6.45) is 3.74. The van der Waals surface area contributed by atoms with Gasteiger partial charge in [0.05, 0.1) is 13.1 Å². The fourth-order valence-electron chi connectivity index (χ4n) is 4.12. The first-order chi connectivity index (χ1) is 12.0. The van der Waals surface area contributed by atoms with Crippen LogP contribution in [0.2, 0.25) is 0 Å². The van der Waals surface area contributed by atoms with Crippen molar-refractivity contribution >= 4 is 0 Å². The molecule has 1 aromatic carbocycles. The molecule has 0 radical (unpaired) electrons. The van der Waals surface area contributed by atoms with Crippen molar-refractivity contribution in [2.24, 2.45) is 5.73 Å². The second kappa shape index (κ2) is 6.42. The van der Waals surface area contributed by atoms with E-state index in [1.807, 2.05) is 4.68 Å². The van der Waals surface area contributed by atoms with Gasteiger partial charge in [-0.15, -0.1) is 0 Å². The third-order valence-corrected chi connectivity index (χ3v) is 5.47. The van der Waals surface area contributed by atoms with E-state index in [0.717, 1.165) is 37.9 Å². The van der Waals surface area contributed by atoms with Crippen LogP contribution in [0.4, 0.5) is 13.2 Å². The molecule has 1 aliphatic carbocycles. The molecule has 5 nitrogen and oxygen atoms in total. The summed E-state index contributed by atoms with van der Waals surface area (Å²) in [5.74, 6) is -2.26. The third-order valence-electron chi connectivity index (χ3n) is 5.47. The summed E-state index contributed by atoms with van der Waals surface area (Å²) in [7, 11) is 0. The van der Waals surface area contributed by atoms with Crippen LogP contribution in [-0.2, 0) is 13.1 Å². The highest BCUT2D eigenvalue weighted by Gasteiger charge is 2.35. The molecule has 8 heteroatoms. The molecule has 1 fully saturated rings. The summed E-state index contributed by atoms with van der Waals surface area (Å²) in [4.78, 5) is 6.60. The number of hydrogen-bond acceptors (Lipinski definition) is 4. The molecule has 2 heterocycles. The Bertz CT molecular complexity index is 778. The minimum Gasteiger partial charge on any atom is -0.327 e. The number of hydrogen-bond donors (Lipinski definition) is 1. The predicted octanol–water partition coefficient (Wildman–Crippen LogP) is 2.17. The van der Waals surface area contributed by atoms with Crippen molar-refractivity contribution in [3.8, 4) is 0 Å². The zero-order chi connectivity index (χ0) is 17.6. The molecule has 0 saturated heterocycles. The first kappa shape index (κ1) is 16.5. The number of benzene rings is 1. The van der Waals surface area contributed by atoms with Crippen molar-refractivity contribution in [3.05, 3.63) is 47.3 Å². The normalized spacial score (nSPS) is 27.3. The molecule has 2 N–H and O–H groups in total. The van der Waals surface area contributed by atoms with E-state index < -0.39 is 17.5 Å². The highest BCUT2D eigenvalue weighted by atomic mass is 19.2. The SMILES string of the molecule is N[C@H]1C[C@@H](N2CCn3ncnc3C2)CCC1c1cc(F)c(F)cc1F. The van der Waals surface area contributed by atoms with Crippen molar-refractivity contribution < 1.29 is 13.2 Å². The summed E-state index contributed by atoms with van der Waals surface area (Å²) < 4.78 is 42.7. The van der Waals surface area contributed by atoms with Gasteiger partial charge in [-0.25, -0.2) is 22.8 Å². The van der Waals surface area contributed by atoms with E-state index in [0.29, 0.717) is 18.9 Å². The lowest BCUT2D eigenvalue weighted by Crippen LogP contribution is -2.48. The Morgan fingerprint density at radius 3 is 2.64 bits per heavy atom. The predicted molar refractivity (Wildman–Crippen MR) is 85.1 cm³/mol. The molecule has 134 valence electrons. The Morgan fingerprint density at radius 1 is 1.04 bits per heavy atom. The zero-order valence-corrected chi connectivity index (χ0v) is 13.7. The van der Waals surface area contributed by atoms with Gasteiger partial charge in [-0.3, -0.25) is 4.90 Å². The molecule has 4 rings (SSSR count). The van der Waals surface area contributed by atoms with E-state index >= 15 is 0 Å². The first-order valence-corrected chi connectivity index (χ1v) is 8.53. The topological polar surface area (TPSA) is 60.0 Å². The summed E-state index contributed by atoms with van der Waals surface area (Å²) in [6.45, 7) is 2.39. The molecule has 25 heavy (non-hydrogen) atoms. The van der Waals surface area contributed by atoms with E-state index in [4.69, 9.17) is 5.73 Å². The number of nitrogens with zero attached hydrogens (tertiary/aromatic N) is 4. The van der Waals surface area contributed by atoms with Crippen molar-refractivity contribution in [2.45, 2.75) is 50.4 Å². The Hall–Kier alpha value is -1.93. The van der Waals surface area contributed by atoms with Crippen molar-refractivity contribution in [1.29, 1.82) is 0 Å². The fourth-order valence-corrected chi connectivity index (χ4v) is 4.12. The quantitative estimate of drug-likeness (QED) is 0.843. The molecule has 1 aromatic heterocycles. The van der Waals surface area contributed by atoms with Gasteiger partial charge < -0.3 is 5.73 Å². The van der Waals surface area contributed by atoms with Crippen LogP contribution in [0, 0.1) is 17.5 Å². The molecule has 0 bridgehead atoms. The van der Waals surface area contributed by atoms with Gasteiger partial charge in [0.15, 0.2) is 11.6 Å².